The number of Topliss-reactive ketones (excluding diaryl/α,β-unsaturated/α-hetero) is 1. The number of carbonyl (C=O) groups excluding carboxylic acids is 2. The second kappa shape index (κ2) is 11.2. The van der Waals surface area contributed by atoms with Gasteiger partial charge in [0.15, 0.2) is 5.78 Å². The minimum atomic E-state index is -0.129. The molecule has 0 radical (unpaired) electrons. The number of amides is 1. The maximum absolute atomic E-state index is 11.0. The molecule has 0 fully saturated rings. The third-order valence-corrected chi connectivity index (χ3v) is 1.55. The lowest BCUT2D eigenvalue weighted by atomic mass is 10.3. The van der Waals surface area contributed by atoms with E-state index in [0.717, 1.165) is 0 Å². The molecule has 0 aromatic carbocycles. The van der Waals surface area contributed by atoms with E-state index in [1.807, 2.05) is 27.7 Å². The summed E-state index contributed by atoms with van der Waals surface area (Å²) in [6.45, 7) is 10.1. The fraction of sp³-hybridized carbons (Fsp3) is 0.818. The molecule has 0 saturated carbocycles. The van der Waals surface area contributed by atoms with Crippen LogP contribution >= 0.6 is 0 Å². The molecule has 90 valence electrons. The van der Waals surface area contributed by atoms with E-state index in [9.17, 15) is 9.59 Å². The Morgan fingerprint density at radius 3 is 2.07 bits per heavy atom. The van der Waals surface area contributed by atoms with Crippen LogP contribution in [0.3, 0.4) is 0 Å². The molecule has 0 unspecified atom stereocenters. The quantitative estimate of drug-likeness (QED) is 0.699. The van der Waals surface area contributed by atoms with E-state index in [0.29, 0.717) is 6.42 Å². The summed E-state index contributed by atoms with van der Waals surface area (Å²) in [5.74, 6) is -0.0756. The second-order valence-electron chi connectivity index (χ2n) is 3.20. The second-order valence-corrected chi connectivity index (χ2v) is 3.20. The van der Waals surface area contributed by atoms with Crippen LogP contribution in [0, 0.1) is 0 Å². The van der Waals surface area contributed by atoms with Crippen molar-refractivity contribution in [3.63, 3.8) is 0 Å². The SMILES string of the molecule is CC.CCC(=O)CNC(=O)CNC(C)C. The van der Waals surface area contributed by atoms with Gasteiger partial charge in [0, 0.05) is 12.5 Å². The molecule has 4 heteroatoms. The van der Waals surface area contributed by atoms with Crippen molar-refractivity contribution in [1.29, 1.82) is 0 Å². The predicted octanol–water partition coefficient (Wildman–Crippen LogP) is 1.11. The zero-order valence-corrected chi connectivity index (χ0v) is 10.5. The molecule has 15 heavy (non-hydrogen) atoms. The molecule has 4 nitrogen and oxygen atoms in total. The Hall–Kier alpha value is -0.900. The van der Waals surface area contributed by atoms with Crippen LogP contribution in [-0.4, -0.2) is 30.8 Å². The third-order valence-electron chi connectivity index (χ3n) is 1.55. The summed E-state index contributed by atoms with van der Waals surface area (Å²) in [4.78, 5) is 21.9. The number of rotatable bonds is 6. The van der Waals surface area contributed by atoms with Crippen LogP contribution in [0.1, 0.15) is 41.0 Å². The maximum Gasteiger partial charge on any atom is 0.234 e. The van der Waals surface area contributed by atoms with Gasteiger partial charge in [0.2, 0.25) is 5.91 Å². The van der Waals surface area contributed by atoms with E-state index in [-0.39, 0.29) is 30.8 Å². The molecule has 0 aliphatic carbocycles. The minimum absolute atomic E-state index is 0.0536. The van der Waals surface area contributed by atoms with Gasteiger partial charge < -0.3 is 10.6 Å². The van der Waals surface area contributed by atoms with Gasteiger partial charge in [-0.1, -0.05) is 34.6 Å². The average molecular weight is 216 g/mol. The van der Waals surface area contributed by atoms with Gasteiger partial charge in [0.05, 0.1) is 13.1 Å². The highest BCUT2D eigenvalue weighted by Gasteiger charge is 2.03. The summed E-state index contributed by atoms with van der Waals surface area (Å²) in [6.07, 6.45) is 0.470. The van der Waals surface area contributed by atoms with Gasteiger partial charge >= 0.3 is 0 Å². The first kappa shape index (κ1) is 16.5. The number of nitrogens with one attached hydrogen (secondary N) is 2. The van der Waals surface area contributed by atoms with Crippen LogP contribution < -0.4 is 10.6 Å². The van der Waals surface area contributed by atoms with Crippen molar-refractivity contribution >= 4 is 11.7 Å². The zero-order chi connectivity index (χ0) is 12.3. The molecule has 0 aromatic rings. The van der Waals surface area contributed by atoms with Crippen LogP contribution in [0.15, 0.2) is 0 Å². The van der Waals surface area contributed by atoms with Gasteiger partial charge in [-0.3, -0.25) is 9.59 Å². The normalized spacial score (nSPS) is 9.20. The molecule has 0 aliphatic heterocycles. The van der Waals surface area contributed by atoms with E-state index >= 15 is 0 Å². The van der Waals surface area contributed by atoms with Gasteiger partial charge in [-0.15, -0.1) is 0 Å². The van der Waals surface area contributed by atoms with Gasteiger partial charge in [0.25, 0.3) is 0 Å². The molecular weight excluding hydrogens is 192 g/mol. The summed E-state index contributed by atoms with van der Waals surface area (Å²) < 4.78 is 0. The van der Waals surface area contributed by atoms with Crippen LogP contribution in [0.25, 0.3) is 0 Å². The summed E-state index contributed by atoms with van der Waals surface area (Å²) >= 11 is 0. The molecule has 0 saturated heterocycles. The summed E-state index contributed by atoms with van der Waals surface area (Å²) in [6, 6.07) is 0.285. The van der Waals surface area contributed by atoms with E-state index in [4.69, 9.17) is 0 Å². The monoisotopic (exact) mass is 216 g/mol. The molecule has 0 spiro atoms. The largest absolute Gasteiger partial charge is 0.348 e. The molecular formula is C11H24N2O2. The topological polar surface area (TPSA) is 58.2 Å². The number of carbonyl (C=O) groups is 2. The summed E-state index contributed by atoms with van der Waals surface area (Å²) in [5, 5.41) is 5.50. The lowest BCUT2D eigenvalue weighted by Crippen LogP contribution is -2.38. The third kappa shape index (κ3) is 13.1. The van der Waals surface area contributed by atoms with E-state index in [1.165, 1.54) is 0 Å². The number of hydrogen-bond donors (Lipinski definition) is 2. The summed E-state index contributed by atoms with van der Waals surface area (Å²) in [7, 11) is 0. The van der Waals surface area contributed by atoms with Crippen molar-refractivity contribution in [1.82, 2.24) is 10.6 Å². The fourth-order valence-corrected chi connectivity index (χ4v) is 0.681. The van der Waals surface area contributed by atoms with Gasteiger partial charge in [-0.25, -0.2) is 0 Å². The van der Waals surface area contributed by atoms with Gasteiger partial charge in [0.1, 0.15) is 0 Å². The van der Waals surface area contributed by atoms with E-state index < -0.39 is 0 Å². The average Bonchev–Trinajstić information content (AvgIpc) is 2.25. The Labute approximate surface area is 92.8 Å². The van der Waals surface area contributed by atoms with Crippen LogP contribution in [-0.2, 0) is 9.59 Å². The Morgan fingerprint density at radius 1 is 1.13 bits per heavy atom. The highest BCUT2D eigenvalue weighted by Crippen LogP contribution is 1.78. The van der Waals surface area contributed by atoms with E-state index in [1.54, 1.807) is 6.92 Å². The lowest BCUT2D eigenvalue weighted by Gasteiger charge is -2.07. The molecule has 1 amide bonds. The van der Waals surface area contributed by atoms with Crippen molar-refractivity contribution in [3.8, 4) is 0 Å². The van der Waals surface area contributed by atoms with Crippen molar-refractivity contribution in [2.24, 2.45) is 0 Å². The standard InChI is InChI=1S/C9H18N2O2.C2H6/c1-4-8(12)5-11-9(13)6-10-7(2)3;1-2/h7,10H,4-6H2,1-3H3,(H,11,13);1-2H3. The molecule has 2 N–H and O–H groups in total. The Balaban J connectivity index is 0. The molecule has 0 aromatic heterocycles. The van der Waals surface area contributed by atoms with Crippen molar-refractivity contribution in [2.45, 2.75) is 47.1 Å². The first-order chi connectivity index (χ1) is 7.06. The minimum Gasteiger partial charge on any atom is -0.348 e. The maximum atomic E-state index is 11.0. The molecule has 0 heterocycles. The first-order valence-corrected chi connectivity index (χ1v) is 5.58. The summed E-state index contributed by atoms with van der Waals surface area (Å²) in [5.41, 5.74) is 0. The molecule has 0 aliphatic rings. The van der Waals surface area contributed by atoms with Gasteiger partial charge in [-0.05, 0) is 0 Å². The number of hydrogen-bond acceptors (Lipinski definition) is 3. The Bertz CT molecular complexity index is 179. The highest BCUT2D eigenvalue weighted by atomic mass is 16.2. The van der Waals surface area contributed by atoms with Crippen molar-refractivity contribution < 1.29 is 9.59 Å². The Kier molecular flexibility index (Phi) is 12.3. The lowest BCUT2D eigenvalue weighted by molar-refractivity contribution is -0.124. The molecule has 0 bridgehead atoms. The van der Waals surface area contributed by atoms with Crippen LogP contribution in [0.4, 0.5) is 0 Å². The number of ketones is 1. The fourth-order valence-electron chi connectivity index (χ4n) is 0.681. The van der Waals surface area contributed by atoms with E-state index in [2.05, 4.69) is 10.6 Å². The smallest absolute Gasteiger partial charge is 0.234 e. The zero-order valence-electron chi connectivity index (χ0n) is 10.5. The van der Waals surface area contributed by atoms with Crippen LogP contribution in [0.5, 0.6) is 0 Å². The molecule has 0 atom stereocenters. The predicted molar refractivity (Wildman–Crippen MR) is 62.8 cm³/mol. The van der Waals surface area contributed by atoms with Crippen molar-refractivity contribution in [3.05, 3.63) is 0 Å². The molecule has 0 rings (SSSR count). The van der Waals surface area contributed by atoms with Crippen molar-refractivity contribution in [2.75, 3.05) is 13.1 Å². The highest BCUT2D eigenvalue weighted by molar-refractivity contribution is 5.86. The first-order valence-electron chi connectivity index (χ1n) is 5.58. The van der Waals surface area contributed by atoms with Gasteiger partial charge in [-0.2, -0.15) is 0 Å². The van der Waals surface area contributed by atoms with Crippen LogP contribution in [0.2, 0.25) is 0 Å². The Morgan fingerprint density at radius 2 is 1.67 bits per heavy atom.